The molecule has 3 nitrogen and oxygen atoms in total. The van der Waals surface area contributed by atoms with Crippen molar-refractivity contribution in [2.24, 2.45) is 0 Å². The van der Waals surface area contributed by atoms with Gasteiger partial charge >= 0.3 is 0 Å². The van der Waals surface area contributed by atoms with E-state index in [1.165, 1.54) is 0 Å². The second-order valence-electron chi connectivity index (χ2n) is 4.05. The molecule has 0 amide bonds. The van der Waals surface area contributed by atoms with E-state index in [-0.39, 0.29) is 4.90 Å². The third-order valence-electron chi connectivity index (χ3n) is 2.45. The van der Waals surface area contributed by atoms with Crippen molar-refractivity contribution in [1.82, 2.24) is 0 Å². The maximum atomic E-state index is 12.3. The quantitative estimate of drug-likeness (QED) is 0.891. The second-order valence-corrected chi connectivity index (χ2v) is 6.99. The Balaban J connectivity index is 2.38. The predicted molar refractivity (Wildman–Crippen MR) is 81.1 cm³/mol. The maximum absolute atomic E-state index is 12.3. The molecule has 0 saturated heterocycles. The molecule has 1 N–H and O–H groups in total. The van der Waals surface area contributed by atoms with E-state index in [1.807, 2.05) is 6.92 Å². The van der Waals surface area contributed by atoms with Crippen LogP contribution in [0.4, 0.5) is 5.69 Å². The summed E-state index contributed by atoms with van der Waals surface area (Å²) in [6, 6.07) is 11.6. The van der Waals surface area contributed by atoms with Crippen LogP contribution < -0.4 is 4.72 Å². The largest absolute Gasteiger partial charge is 0.280 e. The van der Waals surface area contributed by atoms with Crippen molar-refractivity contribution >= 4 is 43.2 Å². The number of nitrogens with one attached hydrogen (secondary N) is 1. The molecule has 0 radical (unpaired) electrons. The minimum Gasteiger partial charge on any atom is -0.280 e. The maximum Gasteiger partial charge on any atom is 0.263 e. The average Bonchev–Trinajstić information content (AvgIpc) is 2.27. The van der Waals surface area contributed by atoms with Gasteiger partial charge in [-0.05, 0) is 58.7 Å². The van der Waals surface area contributed by atoms with Gasteiger partial charge in [0.15, 0.2) is 0 Å². The highest BCUT2D eigenvalue weighted by atomic mass is 79.9. The molecule has 2 aromatic carbocycles. The average molecular weight is 361 g/mol. The molecule has 0 saturated carbocycles. The third kappa shape index (κ3) is 3.49. The van der Waals surface area contributed by atoms with Gasteiger partial charge in [-0.25, -0.2) is 8.42 Å². The number of halogens is 2. The van der Waals surface area contributed by atoms with Gasteiger partial charge in [-0.1, -0.05) is 23.7 Å². The smallest absolute Gasteiger partial charge is 0.263 e. The van der Waals surface area contributed by atoms with Crippen molar-refractivity contribution in [3.05, 3.63) is 57.5 Å². The summed E-state index contributed by atoms with van der Waals surface area (Å²) in [4.78, 5) is 0.193. The van der Waals surface area contributed by atoms with Gasteiger partial charge in [-0.15, -0.1) is 0 Å². The van der Waals surface area contributed by atoms with Gasteiger partial charge in [-0.3, -0.25) is 4.72 Å². The number of sulfonamides is 1. The molecule has 100 valence electrons. The first kappa shape index (κ1) is 14.4. The van der Waals surface area contributed by atoms with Gasteiger partial charge < -0.3 is 0 Å². The SMILES string of the molecule is Cc1ccc(S(=O)(=O)Nc2cccc(Cl)c2)c(Br)c1. The molecule has 0 atom stereocenters. The van der Waals surface area contributed by atoms with E-state index in [1.54, 1.807) is 42.5 Å². The molecule has 0 aliphatic carbocycles. The lowest BCUT2D eigenvalue weighted by Gasteiger charge is -2.10. The van der Waals surface area contributed by atoms with E-state index in [2.05, 4.69) is 20.7 Å². The first-order valence-electron chi connectivity index (χ1n) is 5.43. The summed E-state index contributed by atoms with van der Waals surface area (Å²) in [5, 5.41) is 0.475. The molecule has 0 aliphatic rings. The van der Waals surface area contributed by atoms with Gasteiger partial charge in [0.2, 0.25) is 0 Å². The molecule has 19 heavy (non-hydrogen) atoms. The first-order valence-corrected chi connectivity index (χ1v) is 8.08. The van der Waals surface area contributed by atoms with Crippen molar-refractivity contribution in [2.45, 2.75) is 11.8 Å². The van der Waals surface area contributed by atoms with E-state index in [0.29, 0.717) is 15.2 Å². The molecule has 2 rings (SSSR count). The monoisotopic (exact) mass is 359 g/mol. The zero-order chi connectivity index (χ0) is 14.0. The minimum absolute atomic E-state index is 0.193. The number of rotatable bonds is 3. The summed E-state index contributed by atoms with van der Waals surface area (Å²) in [5.74, 6) is 0. The van der Waals surface area contributed by atoms with Crippen LogP contribution in [0.2, 0.25) is 5.02 Å². The van der Waals surface area contributed by atoms with Crippen molar-refractivity contribution in [2.75, 3.05) is 4.72 Å². The fourth-order valence-electron chi connectivity index (χ4n) is 1.59. The fraction of sp³-hybridized carbons (Fsp3) is 0.0769. The van der Waals surface area contributed by atoms with Crippen molar-refractivity contribution < 1.29 is 8.42 Å². The molecule has 0 aliphatic heterocycles. The molecular formula is C13H11BrClNO2S. The summed E-state index contributed by atoms with van der Waals surface area (Å²) in [5.41, 5.74) is 1.41. The van der Waals surface area contributed by atoms with Crippen LogP contribution >= 0.6 is 27.5 Å². The van der Waals surface area contributed by atoms with Crippen LogP contribution in [0.25, 0.3) is 0 Å². The lowest BCUT2D eigenvalue weighted by molar-refractivity contribution is 0.601. The Morgan fingerprint density at radius 1 is 1.16 bits per heavy atom. The highest BCUT2D eigenvalue weighted by Crippen LogP contribution is 2.26. The van der Waals surface area contributed by atoms with Crippen LogP contribution in [0, 0.1) is 6.92 Å². The van der Waals surface area contributed by atoms with Crippen molar-refractivity contribution in [3.63, 3.8) is 0 Å². The van der Waals surface area contributed by atoms with Gasteiger partial charge in [0.05, 0.1) is 5.69 Å². The molecule has 0 spiro atoms. The van der Waals surface area contributed by atoms with Crippen molar-refractivity contribution in [1.29, 1.82) is 0 Å². The molecule has 0 aromatic heterocycles. The van der Waals surface area contributed by atoms with Crippen LogP contribution in [-0.4, -0.2) is 8.42 Å². The van der Waals surface area contributed by atoms with Gasteiger partial charge in [0.1, 0.15) is 4.90 Å². The number of aryl methyl sites for hydroxylation is 1. The fourth-order valence-corrected chi connectivity index (χ4v) is 4.02. The van der Waals surface area contributed by atoms with Crippen molar-refractivity contribution in [3.8, 4) is 0 Å². The van der Waals surface area contributed by atoms with Crippen LogP contribution in [0.5, 0.6) is 0 Å². The summed E-state index contributed by atoms with van der Waals surface area (Å²) in [7, 11) is -3.63. The number of hydrogen-bond donors (Lipinski definition) is 1. The Morgan fingerprint density at radius 3 is 2.53 bits per heavy atom. The summed E-state index contributed by atoms with van der Waals surface area (Å²) >= 11 is 9.09. The van der Waals surface area contributed by atoms with E-state index < -0.39 is 10.0 Å². The first-order chi connectivity index (χ1) is 8.88. The highest BCUT2D eigenvalue weighted by Gasteiger charge is 2.17. The van der Waals surface area contributed by atoms with Crippen LogP contribution in [0.15, 0.2) is 51.8 Å². The lowest BCUT2D eigenvalue weighted by Crippen LogP contribution is -2.13. The van der Waals surface area contributed by atoms with E-state index in [4.69, 9.17) is 11.6 Å². The molecule has 6 heteroatoms. The summed E-state index contributed by atoms with van der Waals surface area (Å²) in [6.45, 7) is 1.89. The highest BCUT2D eigenvalue weighted by molar-refractivity contribution is 9.10. The van der Waals surface area contributed by atoms with Gasteiger partial charge in [-0.2, -0.15) is 0 Å². The van der Waals surface area contributed by atoms with E-state index in [0.717, 1.165) is 5.56 Å². The molecule has 0 unspecified atom stereocenters. The van der Waals surface area contributed by atoms with E-state index >= 15 is 0 Å². The molecule has 0 fully saturated rings. The van der Waals surface area contributed by atoms with Gasteiger partial charge in [0.25, 0.3) is 10.0 Å². The topological polar surface area (TPSA) is 46.2 Å². The number of benzene rings is 2. The van der Waals surface area contributed by atoms with Crippen LogP contribution in [0.1, 0.15) is 5.56 Å². The lowest BCUT2D eigenvalue weighted by atomic mass is 10.2. The number of hydrogen-bond acceptors (Lipinski definition) is 2. The third-order valence-corrected chi connectivity index (χ3v) is 5.05. The van der Waals surface area contributed by atoms with E-state index in [9.17, 15) is 8.42 Å². The zero-order valence-corrected chi connectivity index (χ0v) is 13.2. The second kappa shape index (κ2) is 5.53. The molecule has 0 bridgehead atoms. The molecule has 0 heterocycles. The predicted octanol–water partition coefficient (Wildman–Crippen LogP) is 4.21. The van der Waals surface area contributed by atoms with Gasteiger partial charge in [0, 0.05) is 9.50 Å². The Labute approximate surface area is 125 Å². The van der Waals surface area contributed by atoms with Crippen LogP contribution in [-0.2, 0) is 10.0 Å². The Kier molecular flexibility index (Phi) is 4.18. The molecular weight excluding hydrogens is 350 g/mol. The Hall–Kier alpha value is -1.04. The Morgan fingerprint density at radius 2 is 1.89 bits per heavy atom. The summed E-state index contributed by atoms with van der Waals surface area (Å²) < 4.78 is 27.5. The van der Waals surface area contributed by atoms with Crippen LogP contribution in [0.3, 0.4) is 0 Å². The normalized spacial score (nSPS) is 11.3. The summed E-state index contributed by atoms with van der Waals surface area (Å²) in [6.07, 6.45) is 0. The number of anilines is 1. The minimum atomic E-state index is -3.63. The standard InChI is InChI=1S/C13H11BrClNO2S/c1-9-5-6-13(12(14)7-9)19(17,18)16-11-4-2-3-10(15)8-11/h2-8,16H,1H3. The zero-order valence-electron chi connectivity index (χ0n) is 10.0. The molecule has 2 aromatic rings. The Bertz CT molecular complexity index is 716.